The lowest BCUT2D eigenvalue weighted by molar-refractivity contribution is -0.115. The predicted molar refractivity (Wildman–Crippen MR) is 145 cm³/mol. The topological polar surface area (TPSA) is 63.2 Å². The number of hydrogen-bond acceptors (Lipinski definition) is 4. The van der Waals surface area contributed by atoms with Gasteiger partial charge in [0.2, 0.25) is 11.7 Å². The third kappa shape index (κ3) is 6.08. The Hall–Kier alpha value is -2.77. The Morgan fingerprint density at radius 1 is 0.943 bits per heavy atom. The Morgan fingerprint density at radius 3 is 2.31 bits per heavy atom. The summed E-state index contributed by atoms with van der Waals surface area (Å²) in [4.78, 5) is 27.4. The second kappa shape index (κ2) is 11.3. The van der Waals surface area contributed by atoms with Crippen LogP contribution < -0.4 is 5.32 Å². The highest BCUT2D eigenvalue weighted by atomic mass is 35.5. The fraction of sp³-hybridized carbons (Fsp3) is 0.111. The second-order valence-corrected chi connectivity index (χ2v) is 11.3. The number of hydrogen-bond donors (Lipinski definition) is 1. The van der Waals surface area contributed by atoms with Gasteiger partial charge in [0.05, 0.1) is 32.1 Å². The zero-order chi connectivity index (χ0) is 24.9. The molecule has 1 unspecified atom stereocenters. The lowest BCUT2D eigenvalue weighted by atomic mass is 10.0. The molecule has 3 aromatic carbocycles. The maximum atomic E-state index is 13.4. The van der Waals surface area contributed by atoms with Crippen LogP contribution in [0.1, 0.15) is 27.7 Å². The molecule has 4 rings (SSSR count). The zero-order valence-corrected chi connectivity index (χ0v) is 21.9. The summed E-state index contributed by atoms with van der Waals surface area (Å²) in [7, 11) is -1.03. The lowest BCUT2D eigenvalue weighted by Crippen LogP contribution is -2.13. The van der Waals surface area contributed by atoms with Crippen molar-refractivity contribution >= 4 is 62.0 Å². The largest absolute Gasteiger partial charge is 0.317 e. The van der Waals surface area contributed by atoms with Crippen LogP contribution in [-0.2, 0) is 22.0 Å². The molecule has 1 atom stereocenters. The average molecular weight is 543 g/mol. The van der Waals surface area contributed by atoms with E-state index in [0.717, 1.165) is 16.0 Å². The van der Waals surface area contributed by atoms with Gasteiger partial charge in [-0.2, -0.15) is 0 Å². The van der Waals surface area contributed by atoms with Gasteiger partial charge in [-0.25, -0.2) is 0 Å². The Labute approximate surface area is 220 Å². The number of carbonyl (C=O) groups is 2. The molecule has 0 saturated heterocycles. The van der Waals surface area contributed by atoms with E-state index in [1.165, 1.54) is 17.4 Å². The molecule has 35 heavy (non-hydrogen) atoms. The van der Waals surface area contributed by atoms with E-state index in [0.29, 0.717) is 31.8 Å². The van der Waals surface area contributed by atoms with Crippen molar-refractivity contribution in [3.05, 3.63) is 105 Å². The van der Waals surface area contributed by atoms with Crippen LogP contribution in [0.15, 0.2) is 83.8 Å². The molecule has 1 amide bonds. The number of benzene rings is 3. The SMILES string of the molecule is CCS(=O)c1ccc(CC(=O)Nc2cc(-c3ccccc3)c(C(=O)c3ccc(Cl)cc3Cl)s2)cc1. The maximum Gasteiger partial charge on any atom is 0.229 e. The molecule has 0 fully saturated rings. The van der Waals surface area contributed by atoms with Crippen molar-refractivity contribution in [3.63, 3.8) is 0 Å². The van der Waals surface area contributed by atoms with Gasteiger partial charge in [-0.3, -0.25) is 13.8 Å². The number of carbonyl (C=O) groups excluding carboxylic acids is 2. The first-order chi connectivity index (χ1) is 16.9. The number of amides is 1. The second-order valence-electron chi connectivity index (χ2n) is 7.68. The van der Waals surface area contributed by atoms with Crippen molar-refractivity contribution in [2.45, 2.75) is 18.2 Å². The van der Waals surface area contributed by atoms with Crippen molar-refractivity contribution in [1.29, 1.82) is 0 Å². The first-order valence-electron chi connectivity index (χ1n) is 10.8. The molecular weight excluding hydrogens is 521 g/mol. The van der Waals surface area contributed by atoms with Crippen molar-refractivity contribution in [2.24, 2.45) is 0 Å². The van der Waals surface area contributed by atoms with E-state index in [-0.39, 0.29) is 23.1 Å². The van der Waals surface area contributed by atoms with Gasteiger partial charge < -0.3 is 5.32 Å². The molecule has 0 bridgehead atoms. The monoisotopic (exact) mass is 541 g/mol. The molecule has 4 aromatic rings. The Bertz CT molecular complexity index is 1400. The highest BCUT2D eigenvalue weighted by Gasteiger charge is 2.22. The molecule has 0 aliphatic carbocycles. The molecule has 8 heteroatoms. The van der Waals surface area contributed by atoms with Crippen molar-refractivity contribution in [3.8, 4) is 11.1 Å². The minimum atomic E-state index is -1.03. The molecule has 1 N–H and O–H groups in total. The van der Waals surface area contributed by atoms with Crippen LogP contribution in [0.2, 0.25) is 10.0 Å². The van der Waals surface area contributed by atoms with Crippen LogP contribution in [-0.4, -0.2) is 21.7 Å². The summed E-state index contributed by atoms with van der Waals surface area (Å²) in [5.41, 5.74) is 2.73. The fourth-order valence-corrected chi connectivity index (χ4v) is 5.86. The Morgan fingerprint density at radius 2 is 1.66 bits per heavy atom. The molecule has 178 valence electrons. The molecule has 1 heterocycles. The minimum Gasteiger partial charge on any atom is -0.317 e. The lowest BCUT2D eigenvalue weighted by Gasteiger charge is -2.06. The minimum absolute atomic E-state index is 0.157. The van der Waals surface area contributed by atoms with Crippen molar-refractivity contribution < 1.29 is 13.8 Å². The smallest absolute Gasteiger partial charge is 0.229 e. The quantitative estimate of drug-likeness (QED) is 0.238. The van der Waals surface area contributed by atoms with Crippen LogP contribution in [0.25, 0.3) is 11.1 Å². The number of anilines is 1. The number of nitrogens with one attached hydrogen (secondary N) is 1. The van der Waals surface area contributed by atoms with Crippen LogP contribution in [0, 0.1) is 0 Å². The number of halogens is 2. The standard InChI is InChI=1S/C27H21Cl2NO3S2/c1-2-35(33)20-11-8-17(9-12-20)14-24(31)30-25-16-22(18-6-4-3-5-7-18)27(34-25)26(32)21-13-10-19(28)15-23(21)29/h3-13,15-16H,2,14H2,1H3,(H,30,31). The van der Waals surface area contributed by atoms with E-state index < -0.39 is 10.8 Å². The van der Waals surface area contributed by atoms with Crippen LogP contribution in [0.4, 0.5) is 5.00 Å². The van der Waals surface area contributed by atoms with E-state index in [1.54, 1.807) is 24.3 Å². The summed E-state index contributed by atoms with van der Waals surface area (Å²) in [5, 5.41) is 4.19. The van der Waals surface area contributed by atoms with E-state index in [2.05, 4.69) is 5.32 Å². The van der Waals surface area contributed by atoms with Gasteiger partial charge in [-0.1, -0.05) is 72.6 Å². The van der Waals surface area contributed by atoms with Gasteiger partial charge in [-0.15, -0.1) is 11.3 Å². The summed E-state index contributed by atoms with van der Waals surface area (Å²) in [6.07, 6.45) is 0.157. The van der Waals surface area contributed by atoms with E-state index in [4.69, 9.17) is 23.2 Å². The summed E-state index contributed by atoms with van der Waals surface area (Å²) < 4.78 is 11.9. The molecule has 4 nitrogen and oxygen atoms in total. The summed E-state index contributed by atoms with van der Waals surface area (Å²) in [6, 6.07) is 23.3. The fourth-order valence-electron chi connectivity index (χ4n) is 3.54. The molecule has 0 radical (unpaired) electrons. The van der Waals surface area contributed by atoms with E-state index in [1.807, 2.05) is 55.5 Å². The third-order valence-electron chi connectivity index (χ3n) is 5.27. The first-order valence-corrected chi connectivity index (χ1v) is 13.7. The van der Waals surface area contributed by atoms with Gasteiger partial charge in [0.1, 0.15) is 0 Å². The Kier molecular flexibility index (Phi) is 8.19. The van der Waals surface area contributed by atoms with Crippen LogP contribution in [0.3, 0.4) is 0 Å². The number of rotatable bonds is 8. The first kappa shape index (κ1) is 25.3. The van der Waals surface area contributed by atoms with Crippen molar-refractivity contribution in [2.75, 3.05) is 11.1 Å². The third-order valence-corrected chi connectivity index (χ3v) is 8.19. The highest BCUT2D eigenvalue weighted by molar-refractivity contribution is 7.85. The van der Waals surface area contributed by atoms with Gasteiger partial charge >= 0.3 is 0 Å². The molecule has 0 saturated carbocycles. The summed E-state index contributed by atoms with van der Waals surface area (Å²) >= 11 is 13.5. The number of ketones is 1. The molecule has 0 aliphatic heterocycles. The normalized spacial score (nSPS) is 11.7. The Balaban J connectivity index is 1.60. The van der Waals surface area contributed by atoms with E-state index >= 15 is 0 Å². The van der Waals surface area contributed by atoms with Crippen LogP contribution >= 0.6 is 34.5 Å². The predicted octanol–water partition coefficient (Wildman–Crippen LogP) is 7.26. The highest BCUT2D eigenvalue weighted by Crippen LogP contribution is 2.37. The van der Waals surface area contributed by atoms with Crippen molar-refractivity contribution in [1.82, 2.24) is 0 Å². The van der Waals surface area contributed by atoms with Crippen LogP contribution in [0.5, 0.6) is 0 Å². The molecule has 0 spiro atoms. The zero-order valence-electron chi connectivity index (χ0n) is 18.7. The average Bonchev–Trinajstić information content (AvgIpc) is 3.27. The van der Waals surface area contributed by atoms with Gasteiger partial charge in [0, 0.05) is 26.8 Å². The molecule has 0 aliphatic rings. The summed E-state index contributed by atoms with van der Waals surface area (Å²) in [5.74, 6) is 0.0961. The van der Waals surface area contributed by atoms with Gasteiger partial charge in [0.25, 0.3) is 0 Å². The number of thiophene rings is 1. The summed E-state index contributed by atoms with van der Waals surface area (Å²) in [6.45, 7) is 1.86. The molecular formula is C27H21Cl2NO3S2. The van der Waals surface area contributed by atoms with Gasteiger partial charge in [-0.05, 0) is 47.5 Å². The van der Waals surface area contributed by atoms with E-state index in [9.17, 15) is 13.8 Å². The molecule has 1 aromatic heterocycles. The maximum absolute atomic E-state index is 13.4. The van der Waals surface area contributed by atoms with Gasteiger partial charge in [0.15, 0.2) is 0 Å².